The minimum atomic E-state index is -0.0928. The van der Waals surface area contributed by atoms with Crippen LogP contribution in [-0.4, -0.2) is 42.0 Å². The number of carbonyl (C=O) groups excluding carboxylic acids is 1. The second-order valence-electron chi connectivity index (χ2n) is 5.50. The molecule has 0 atom stereocenters. The fraction of sp³-hybridized carbons (Fsp3) is 0.600. The molecular formula is C15H22BrN3O. The second kappa shape index (κ2) is 7.74. The van der Waals surface area contributed by atoms with E-state index in [4.69, 9.17) is 0 Å². The number of nitrogens with one attached hydrogen (secondary N) is 1. The normalized spacial score (nSPS) is 17.1. The van der Waals surface area contributed by atoms with Gasteiger partial charge in [0.15, 0.2) is 0 Å². The Kier molecular flexibility index (Phi) is 5.98. The van der Waals surface area contributed by atoms with Crippen LogP contribution < -0.4 is 5.32 Å². The van der Waals surface area contributed by atoms with Gasteiger partial charge in [0.05, 0.1) is 0 Å². The molecule has 0 radical (unpaired) electrons. The molecule has 1 aliphatic rings. The summed E-state index contributed by atoms with van der Waals surface area (Å²) in [5.41, 5.74) is 0.472. The summed E-state index contributed by atoms with van der Waals surface area (Å²) in [6.07, 6.45) is 5.24. The van der Waals surface area contributed by atoms with Crippen molar-refractivity contribution in [1.29, 1.82) is 0 Å². The van der Waals surface area contributed by atoms with Crippen LogP contribution in [0.15, 0.2) is 22.8 Å². The van der Waals surface area contributed by atoms with E-state index in [1.807, 2.05) is 6.07 Å². The number of hydrogen-bond donors (Lipinski definition) is 1. The summed E-state index contributed by atoms with van der Waals surface area (Å²) in [5, 5.41) is 2.92. The van der Waals surface area contributed by atoms with Crippen LogP contribution in [0.1, 0.15) is 36.7 Å². The molecule has 0 spiro atoms. The first-order chi connectivity index (χ1) is 9.65. The van der Waals surface area contributed by atoms with Crippen LogP contribution in [0, 0.1) is 5.92 Å². The predicted molar refractivity (Wildman–Crippen MR) is 83.7 cm³/mol. The number of amides is 1. The van der Waals surface area contributed by atoms with E-state index in [0.29, 0.717) is 12.2 Å². The van der Waals surface area contributed by atoms with Crippen LogP contribution >= 0.6 is 15.9 Å². The first-order valence-electron chi connectivity index (χ1n) is 7.27. The molecule has 0 bridgehead atoms. The van der Waals surface area contributed by atoms with Gasteiger partial charge in [0.1, 0.15) is 5.69 Å². The van der Waals surface area contributed by atoms with Crippen molar-refractivity contribution in [1.82, 2.24) is 15.2 Å². The topological polar surface area (TPSA) is 45.2 Å². The Morgan fingerprint density at radius 3 is 2.85 bits per heavy atom. The summed E-state index contributed by atoms with van der Waals surface area (Å²) in [7, 11) is 0. The number of hydrogen-bond acceptors (Lipinski definition) is 3. The summed E-state index contributed by atoms with van der Waals surface area (Å²) >= 11 is 3.31. The third-order valence-electron chi connectivity index (χ3n) is 3.77. The highest BCUT2D eigenvalue weighted by atomic mass is 79.9. The first kappa shape index (κ1) is 15.4. The second-order valence-corrected chi connectivity index (χ2v) is 6.41. The van der Waals surface area contributed by atoms with Gasteiger partial charge in [-0.3, -0.25) is 4.79 Å². The van der Waals surface area contributed by atoms with Gasteiger partial charge in [-0.25, -0.2) is 4.98 Å². The quantitative estimate of drug-likeness (QED) is 0.839. The molecule has 4 nitrogen and oxygen atoms in total. The van der Waals surface area contributed by atoms with Crippen molar-refractivity contribution >= 4 is 21.8 Å². The maximum atomic E-state index is 11.8. The fourth-order valence-electron chi connectivity index (χ4n) is 2.39. The molecule has 0 aromatic carbocycles. The van der Waals surface area contributed by atoms with Gasteiger partial charge >= 0.3 is 0 Å². The number of pyridine rings is 1. The van der Waals surface area contributed by atoms with Crippen LogP contribution in [-0.2, 0) is 0 Å². The van der Waals surface area contributed by atoms with E-state index in [1.165, 1.54) is 25.9 Å². The number of aromatic nitrogens is 1. The fourth-order valence-corrected chi connectivity index (χ4v) is 2.63. The molecule has 110 valence electrons. The molecular weight excluding hydrogens is 318 g/mol. The third-order valence-corrected chi connectivity index (χ3v) is 4.24. The Morgan fingerprint density at radius 2 is 2.20 bits per heavy atom. The molecule has 1 aliphatic heterocycles. The van der Waals surface area contributed by atoms with Gasteiger partial charge in [0.2, 0.25) is 0 Å². The Bertz CT molecular complexity index is 427. The van der Waals surface area contributed by atoms with Crippen LogP contribution in [0.3, 0.4) is 0 Å². The van der Waals surface area contributed by atoms with E-state index in [2.05, 4.69) is 38.1 Å². The lowest BCUT2D eigenvalue weighted by molar-refractivity contribution is 0.0945. The van der Waals surface area contributed by atoms with Gasteiger partial charge in [-0.2, -0.15) is 0 Å². The highest BCUT2D eigenvalue weighted by Crippen LogP contribution is 2.15. The van der Waals surface area contributed by atoms with Gasteiger partial charge in [0.25, 0.3) is 5.91 Å². The van der Waals surface area contributed by atoms with Crippen LogP contribution in [0.5, 0.6) is 0 Å². The van der Waals surface area contributed by atoms with Crippen molar-refractivity contribution in [3.63, 3.8) is 0 Å². The maximum absolute atomic E-state index is 11.8. The molecule has 2 heterocycles. The summed E-state index contributed by atoms with van der Waals surface area (Å²) in [6, 6.07) is 3.56. The molecule has 0 aliphatic carbocycles. The van der Waals surface area contributed by atoms with Gasteiger partial charge in [-0.15, -0.1) is 0 Å². The van der Waals surface area contributed by atoms with Gasteiger partial charge in [-0.1, -0.05) is 6.92 Å². The van der Waals surface area contributed by atoms with E-state index in [-0.39, 0.29) is 5.91 Å². The van der Waals surface area contributed by atoms with Crippen LogP contribution in [0.25, 0.3) is 0 Å². The van der Waals surface area contributed by atoms with Crippen molar-refractivity contribution in [2.24, 2.45) is 5.92 Å². The molecule has 1 fully saturated rings. The lowest BCUT2D eigenvalue weighted by Crippen LogP contribution is -2.35. The van der Waals surface area contributed by atoms with Crippen molar-refractivity contribution in [2.75, 3.05) is 26.2 Å². The number of halogens is 1. The third kappa shape index (κ3) is 4.87. The largest absolute Gasteiger partial charge is 0.351 e. The maximum Gasteiger partial charge on any atom is 0.269 e. The number of piperidine rings is 1. The van der Waals surface area contributed by atoms with Crippen molar-refractivity contribution < 1.29 is 4.79 Å². The zero-order valence-corrected chi connectivity index (χ0v) is 13.5. The molecule has 0 unspecified atom stereocenters. The molecule has 2 rings (SSSR count). The zero-order chi connectivity index (χ0) is 14.4. The standard InChI is InChI=1S/C15H22BrN3O/c1-12-5-9-19(10-6-12)8-2-7-17-15(20)14-4-3-13(16)11-18-14/h3-4,11-12H,2,5-10H2,1H3,(H,17,20). The van der Waals surface area contributed by atoms with Crippen molar-refractivity contribution in [2.45, 2.75) is 26.2 Å². The van der Waals surface area contributed by atoms with Gasteiger partial charge < -0.3 is 10.2 Å². The Hall–Kier alpha value is -0.940. The summed E-state index contributed by atoms with van der Waals surface area (Å²) in [5.74, 6) is 0.777. The number of likely N-dealkylation sites (tertiary alicyclic amines) is 1. The number of carbonyl (C=O) groups is 1. The SMILES string of the molecule is CC1CCN(CCCNC(=O)c2ccc(Br)cn2)CC1. The summed E-state index contributed by atoms with van der Waals surface area (Å²) < 4.78 is 0.883. The van der Waals surface area contributed by atoms with Gasteiger partial charge in [-0.05, 0) is 72.9 Å². The number of rotatable bonds is 5. The molecule has 1 N–H and O–H groups in total. The highest BCUT2D eigenvalue weighted by molar-refractivity contribution is 9.10. The summed E-state index contributed by atoms with van der Waals surface area (Å²) in [6.45, 7) is 6.50. The average molecular weight is 340 g/mol. The van der Waals surface area contributed by atoms with E-state index in [1.54, 1.807) is 12.3 Å². The molecule has 20 heavy (non-hydrogen) atoms. The van der Waals surface area contributed by atoms with Crippen LogP contribution in [0.4, 0.5) is 0 Å². The van der Waals surface area contributed by atoms with Gasteiger partial charge in [0, 0.05) is 17.2 Å². The minimum Gasteiger partial charge on any atom is -0.351 e. The predicted octanol–water partition coefficient (Wildman–Crippen LogP) is 2.70. The molecule has 1 aromatic heterocycles. The van der Waals surface area contributed by atoms with E-state index >= 15 is 0 Å². The molecule has 1 saturated heterocycles. The van der Waals surface area contributed by atoms with E-state index in [9.17, 15) is 4.79 Å². The molecule has 0 saturated carbocycles. The molecule has 1 aromatic rings. The lowest BCUT2D eigenvalue weighted by atomic mass is 9.99. The van der Waals surface area contributed by atoms with E-state index in [0.717, 1.165) is 23.4 Å². The zero-order valence-electron chi connectivity index (χ0n) is 11.9. The Morgan fingerprint density at radius 1 is 1.45 bits per heavy atom. The average Bonchev–Trinajstić information content (AvgIpc) is 2.46. The van der Waals surface area contributed by atoms with Crippen LogP contribution in [0.2, 0.25) is 0 Å². The summed E-state index contributed by atoms with van der Waals surface area (Å²) in [4.78, 5) is 18.4. The minimum absolute atomic E-state index is 0.0928. The highest BCUT2D eigenvalue weighted by Gasteiger charge is 2.15. The monoisotopic (exact) mass is 339 g/mol. The Balaban J connectivity index is 1.63. The Labute approximate surface area is 129 Å². The van der Waals surface area contributed by atoms with Crippen molar-refractivity contribution in [3.05, 3.63) is 28.5 Å². The molecule has 5 heteroatoms. The lowest BCUT2D eigenvalue weighted by Gasteiger charge is -2.30. The smallest absolute Gasteiger partial charge is 0.269 e. The first-order valence-corrected chi connectivity index (χ1v) is 8.06. The van der Waals surface area contributed by atoms with E-state index < -0.39 is 0 Å². The number of nitrogens with zero attached hydrogens (tertiary/aromatic N) is 2. The van der Waals surface area contributed by atoms with Crippen molar-refractivity contribution in [3.8, 4) is 0 Å². The molecule has 1 amide bonds.